The van der Waals surface area contributed by atoms with Crippen LogP contribution >= 0.6 is 0 Å². The predicted octanol–water partition coefficient (Wildman–Crippen LogP) is 7.68. The molecule has 0 aromatic heterocycles. The topological polar surface area (TPSA) is 137 Å². The number of fused-ring (bicyclic) bond motifs is 3. The minimum atomic E-state index is -1.37. The molecule has 1 aliphatic carbocycles. The summed E-state index contributed by atoms with van der Waals surface area (Å²) in [6, 6.07) is 43.5. The van der Waals surface area contributed by atoms with Gasteiger partial charge in [-0.25, -0.2) is 9.59 Å². The first-order valence-electron chi connectivity index (χ1n) is 20.6. The molecular formula is C50H51NO11. The van der Waals surface area contributed by atoms with E-state index < -0.39 is 61.4 Å². The van der Waals surface area contributed by atoms with E-state index in [1.54, 1.807) is 0 Å². The Bertz CT molecular complexity index is 2170. The van der Waals surface area contributed by atoms with Crippen molar-refractivity contribution in [3.05, 3.63) is 180 Å². The molecule has 12 nitrogen and oxygen atoms in total. The van der Waals surface area contributed by atoms with Gasteiger partial charge >= 0.3 is 18.0 Å². The van der Waals surface area contributed by atoms with Crippen LogP contribution < -0.4 is 5.32 Å². The highest BCUT2D eigenvalue weighted by Gasteiger charge is 2.50. The third-order valence-corrected chi connectivity index (χ3v) is 10.5. The highest BCUT2D eigenvalue weighted by molar-refractivity contribution is 5.82. The number of hydrogen-bond donors (Lipinski definition) is 1. The molecule has 5 aromatic carbocycles. The van der Waals surface area contributed by atoms with Gasteiger partial charge in [0.15, 0.2) is 18.4 Å². The van der Waals surface area contributed by atoms with Crippen molar-refractivity contribution in [1.29, 1.82) is 0 Å². The number of alkyl carbamates (subject to hydrolysis) is 1. The lowest BCUT2D eigenvalue weighted by atomic mass is 9.97. The van der Waals surface area contributed by atoms with E-state index >= 15 is 0 Å². The fourth-order valence-electron chi connectivity index (χ4n) is 7.64. The van der Waals surface area contributed by atoms with Crippen molar-refractivity contribution < 1.29 is 52.3 Å². The maximum Gasteiger partial charge on any atom is 0.407 e. The SMILES string of the molecule is C=CCOC(=O)[C@H](CO[C@H]1O[C@H](COCc2ccccc2)[C@@H](OCc2ccccc2)[C@H](OCc2ccccc2)[C@@H]1OC(C)=O)NC(=O)OCC1c2ccccc2-c2ccccc21. The molecule has 1 aliphatic heterocycles. The minimum Gasteiger partial charge on any atom is -0.460 e. The minimum absolute atomic E-state index is 0.0187. The molecule has 2 aliphatic rings. The van der Waals surface area contributed by atoms with Gasteiger partial charge in [0.2, 0.25) is 0 Å². The number of carbonyl (C=O) groups is 3. The van der Waals surface area contributed by atoms with Gasteiger partial charge in [0, 0.05) is 12.8 Å². The first-order chi connectivity index (χ1) is 30.4. The largest absolute Gasteiger partial charge is 0.460 e. The van der Waals surface area contributed by atoms with Gasteiger partial charge in [0.05, 0.1) is 33.0 Å². The molecule has 322 valence electrons. The van der Waals surface area contributed by atoms with Crippen LogP contribution in [0.15, 0.2) is 152 Å². The third-order valence-electron chi connectivity index (χ3n) is 10.5. The molecule has 6 atom stereocenters. The van der Waals surface area contributed by atoms with E-state index in [1.807, 2.05) is 140 Å². The van der Waals surface area contributed by atoms with Gasteiger partial charge in [0.25, 0.3) is 0 Å². The van der Waals surface area contributed by atoms with E-state index in [2.05, 4.69) is 11.9 Å². The molecule has 12 heteroatoms. The van der Waals surface area contributed by atoms with Gasteiger partial charge < -0.3 is 43.2 Å². The predicted molar refractivity (Wildman–Crippen MR) is 229 cm³/mol. The molecule has 0 saturated carbocycles. The summed E-state index contributed by atoms with van der Waals surface area (Å²) in [5.74, 6) is -1.64. The van der Waals surface area contributed by atoms with Crippen molar-refractivity contribution in [3.8, 4) is 11.1 Å². The quantitative estimate of drug-likeness (QED) is 0.0470. The van der Waals surface area contributed by atoms with Crippen molar-refractivity contribution in [3.63, 3.8) is 0 Å². The Labute approximate surface area is 361 Å². The van der Waals surface area contributed by atoms with Gasteiger partial charge in [-0.2, -0.15) is 0 Å². The van der Waals surface area contributed by atoms with Gasteiger partial charge in [-0.15, -0.1) is 0 Å². The standard InChI is InChI=1S/C50H51NO11/c1-3-27-56-48(53)43(51-50(54)60-31-42-40-25-15-13-23-38(40)39-24-14-16-26-41(39)42)32-59-49-47(61-34(2)52)46(58-30-37-21-11-6-12-22-37)45(57-29-36-19-9-5-10-20-36)44(62-49)33-55-28-35-17-7-4-8-18-35/h3-26,42-47,49H,1,27-33H2,2H3,(H,51,54)/t43-,44+,45+,46-,47-,49-/m0/s1. The Morgan fingerprint density at radius 1 is 0.645 bits per heavy atom. The lowest BCUT2D eigenvalue weighted by Crippen LogP contribution is -2.62. The highest BCUT2D eigenvalue weighted by atomic mass is 16.7. The summed E-state index contributed by atoms with van der Waals surface area (Å²) < 4.78 is 49.4. The molecule has 0 radical (unpaired) electrons. The van der Waals surface area contributed by atoms with Crippen LogP contribution in [0.4, 0.5) is 4.79 Å². The van der Waals surface area contributed by atoms with Crippen LogP contribution in [0.2, 0.25) is 0 Å². The number of rotatable bonds is 20. The number of hydrogen-bond acceptors (Lipinski definition) is 11. The Morgan fingerprint density at radius 3 is 1.74 bits per heavy atom. The first kappa shape index (κ1) is 43.9. The van der Waals surface area contributed by atoms with E-state index in [0.717, 1.165) is 38.9 Å². The first-order valence-corrected chi connectivity index (χ1v) is 20.6. The number of carbonyl (C=O) groups excluding carboxylic acids is 3. The molecule has 1 saturated heterocycles. The van der Waals surface area contributed by atoms with Crippen LogP contribution in [-0.4, -0.2) is 81.2 Å². The molecule has 1 heterocycles. The lowest BCUT2D eigenvalue weighted by molar-refractivity contribution is -0.321. The fourth-order valence-corrected chi connectivity index (χ4v) is 7.64. The normalized spacial score (nSPS) is 19.7. The summed E-state index contributed by atoms with van der Waals surface area (Å²) in [7, 11) is 0. The molecule has 1 N–H and O–H groups in total. The summed E-state index contributed by atoms with van der Waals surface area (Å²) in [6.45, 7) is 4.99. The monoisotopic (exact) mass is 841 g/mol. The van der Waals surface area contributed by atoms with E-state index in [4.69, 9.17) is 37.9 Å². The van der Waals surface area contributed by atoms with Gasteiger partial charge in [-0.05, 0) is 38.9 Å². The second-order valence-corrected chi connectivity index (χ2v) is 14.9. The maximum atomic E-state index is 13.5. The third kappa shape index (κ3) is 11.6. The van der Waals surface area contributed by atoms with E-state index in [-0.39, 0.29) is 45.6 Å². The van der Waals surface area contributed by atoms with Crippen LogP contribution in [0, 0.1) is 0 Å². The number of nitrogens with one attached hydrogen (secondary N) is 1. The summed E-state index contributed by atoms with van der Waals surface area (Å²) in [5, 5.41) is 2.62. The van der Waals surface area contributed by atoms with E-state index in [9.17, 15) is 14.4 Å². The Hall–Kier alpha value is -6.15. The summed E-state index contributed by atoms with van der Waals surface area (Å²) in [5.41, 5.74) is 6.95. The van der Waals surface area contributed by atoms with Crippen LogP contribution in [-0.2, 0) is 67.3 Å². The van der Waals surface area contributed by atoms with Crippen molar-refractivity contribution in [2.24, 2.45) is 0 Å². The van der Waals surface area contributed by atoms with Crippen LogP contribution in [0.25, 0.3) is 11.1 Å². The van der Waals surface area contributed by atoms with Crippen LogP contribution in [0.3, 0.4) is 0 Å². The second-order valence-electron chi connectivity index (χ2n) is 14.9. The Balaban J connectivity index is 1.12. The fraction of sp³-hybridized carbons (Fsp3) is 0.300. The zero-order valence-electron chi connectivity index (χ0n) is 34.5. The zero-order valence-corrected chi connectivity index (χ0v) is 34.5. The number of ether oxygens (including phenoxy) is 8. The molecule has 1 fully saturated rings. The highest BCUT2D eigenvalue weighted by Crippen LogP contribution is 2.44. The van der Waals surface area contributed by atoms with Gasteiger partial charge in [-0.1, -0.05) is 152 Å². The molecule has 62 heavy (non-hydrogen) atoms. The molecule has 7 rings (SSSR count). The van der Waals surface area contributed by atoms with E-state index in [0.29, 0.717) is 0 Å². The average Bonchev–Trinajstić information content (AvgIpc) is 3.62. The van der Waals surface area contributed by atoms with Crippen molar-refractivity contribution >= 4 is 18.0 Å². The molecule has 0 spiro atoms. The number of esters is 2. The van der Waals surface area contributed by atoms with Crippen LogP contribution in [0.1, 0.15) is 40.7 Å². The molecular weight excluding hydrogens is 791 g/mol. The Kier molecular flexibility index (Phi) is 15.7. The second kappa shape index (κ2) is 22.1. The smallest absolute Gasteiger partial charge is 0.407 e. The average molecular weight is 842 g/mol. The van der Waals surface area contributed by atoms with E-state index in [1.165, 1.54) is 13.0 Å². The summed E-state index contributed by atoms with van der Waals surface area (Å²) in [4.78, 5) is 39.8. The summed E-state index contributed by atoms with van der Waals surface area (Å²) in [6.07, 6.45) is -4.56. The van der Waals surface area contributed by atoms with Gasteiger partial charge in [-0.3, -0.25) is 4.79 Å². The molecule has 5 aromatic rings. The van der Waals surface area contributed by atoms with Crippen molar-refractivity contribution in [1.82, 2.24) is 5.32 Å². The lowest BCUT2D eigenvalue weighted by Gasteiger charge is -2.45. The molecule has 1 amide bonds. The zero-order chi connectivity index (χ0) is 43.1. The Morgan fingerprint density at radius 2 is 1.18 bits per heavy atom. The molecule has 0 unspecified atom stereocenters. The molecule has 0 bridgehead atoms. The maximum absolute atomic E-state index is 13.5. The summed E-state index contributed by atoms with van der Waals surface area (Å²) >= 11 is 0. The van der Waals surface area contributed by atoms with Crippen LogP contribution in [0.5, 0.6) is 0 Å². The van der Waals surface area contributed by atoms with Crippen molar-refractivity contribution in [2.45, 2.75) is 69.4 Å². The number of amides is 1. The van der Waals surface area contributed by atoms with Gasteiger partial charge in [0.1, 0.15) is 31.5 Å². The number of benzene rings is 5. The van der Waals surface area contributed by atoms with Crippen molar-refractivity contribution in [2.75, 3.05) is 26.4 Å².